The fourth-order valence-corrected chi connectivity index (χ4v) is 2.43. The molecule has 1 rings (SSSR count). The van der Waals surface area contributed by atoms with Crippen molar-refractivity contribution in [3.63, 3.8) is 0 Å². The number of hydrogen-bond acceptors (Lipinski definition) is 3. The Kier molecular flexibility index (Phi) is 4.55. The van der Waals surface area contributed by atoms with Gasteiger partial charge < -0.3 is 4.74 Å². The molecule has 0 amide bonds. The van der Waals surface area contributed by atoms with Crippen LogP contribution in [-0.4, -0.2) is 12.1 Å². The van der Waals surface area contributed by atoms with E-state index in [2.05, 4.69) is 31.1 Å². The minimum atomic E-state index is 0.179. The second kappa shape index (κ2) is 5.47. The molecule has 0 saturated carbocycles. The molecule has 0 fully saturated rings. The SMILES string of the molecule is CCC(C)c1csc(C(CC)OC)n1. The van der Waals surface area contributed by atoms with Gasteiger partial charge in [0.05, 0.1) is 5.69 Å². The molecule has 2 atom stereocenters. The van der Waals surface area contributed by atoms with Gasteiger partial charge in [0.2, 0.25) is 0 Å². The summed E-state index contributed by atoms with van der Waals surface area (Å²) in [5.74, 6) is 0.564. The van der Waals surface area contributed by atoms with E-state index in [1.165, 1.54) is 5.69 Å². The van der Waals surface area contributed by atoms with Crippen molar-refractivity contribution in [2.75, 3.05) is 7.11 Å². The van der Waals surface area contributed by atoms with Gasteiger partial charge in [-0.15, -0.1) is 11.3 Å². The monoisotopic (exact) mass is 213 g/mol. The summed E-state index contributed by atoms with van der Waals surface area (Å²) in [6.45, 7) is 6.53. The quantitative estimate of drug-likeness (QED) is 0.743. The van der Waals surface area contributed by atoms with Crippen LogP contribution < -0.4 is 0 Å². The molecule has 2 nitrogen and oxygen atoms in total. The number of rotatable bonds is 5. The van der Waals surface area contributed by atoms with E-state index in [9.17, 15) is 0 Å². The highest BCUT2D eigenvalue weighted by atomic mass is 32.1. The second-order valence-electron chi connectivity index (χ2n) is 3.55. The Labute approximate surface area is 90.3 Å². The fourth-order valence-electron chi connectivity index (χ4n) is 1.33. The predicted octanol–water partition coefficient (Wildman–Crippen LogP) is 3.75. The summed E-state index contributed by atoms with van der Waals surface area (Å²) >= 11 is 1.71. The first-order valence-electron chi connectivity index (χ1n) is 5.21. The molecule has 0 radical (unpaired) electrons. The lowest BCUT2D eigenvalue weighted by Crippen LogP contribution is -2.00. The van der Waals surface area contributed by atoms with Crippen LogP contribution in [0.5, 0.6) is 0 Å². The molecule has 1 aromatic heterocycles. The maximum atomic E-state index is 5.36. The Balaban J connectivity index is 2.76. The van der Waals surface area contributed by atoms with Crippen LogP contribution in [0, 0.1) is 0 Å². The molecule has 0 aliphatic heterocycles. The number of nitrogens with zero attached hydrogens (tertiary/aromatic N) is 1. The van der Waals surface area contributed by atoms with E-state index < -0.39 is 0 Å². The summed E-state index contributed by atoms with van der Waals surface area (Å²) in [5.41, 5.74) is 1.21. The van der Waals surface area contributed by atoms with E-state index in [1.807, 2.05) is 0 Å². The molecule has 0 bridgehead atoms. The van der Waals surface area contributed by atoms with Crippen LogP contribution >= 0.6 is 11.3 Å². The van der Waals surface area contributed by atoms with Crippen LogP contribution in [0.15, 0.2) is 5.38 Å². The molecule has 14 heavy (non-hydrogen) atoms. The topological polar surface area (TPSA) is 22.1 Å². The lowest BCUT2D eigenvalue weighted by atomic mass is 10.1. The fraction of sp³-hybridized carbons (Fsp3) is 0.727. The van der Waals surface area contributed by atoms with Crippen LogP contribution in [0.25, 0.3) is 0 Å². The highest BCUT2D eigenvalue weighted by Gasteiger charge is 2.14. The molecule has 2 unspecified atom stereocenters. The van der Waals surface area contributed by atoms with Crippen LogP contribution in [0.1, 0.15) is 56.3 Å². The zero-order chi connectivity index (χ0) is 10.6. The smallest absolute Gasteiger partial charge is 0.122 e. The van der Waals surface area contributed by atoms with Crippen LogP contribution in [0.3, 0.4) is 0 Å². The van der Waals surface area contributed by atoms with Gasteiger partial charge in [-0.1, -0.05) is 20.8 Å². The molecule has 1 aromatic rings. The second-order valence-corrected chi connectivity index (χ2v) is 4.44. The van der Waals surface area contributed by atoms with Crippen LogP contribution in [-0.2, 0) is 4.74 Å². The third-order valence-electron chi connectivity index (χ3n) is 2.59. The van der Waals surface area contributed by atoms with E-state index in [-0.39, 0.29) is 6.10 Å². The van der Waals surface area contributed by atoms with Crippen molar-refractivity contribution < 1.29 is 4.74 Å². The van der Waals surface area contributed by atoms with Gasteiger partial charge in [-0.3, -0.25) is 0 Å². The normalized spacial score (nSPS) is 15.4. The molecule has 0 aliphatic rings. The first-order chi connectivity index (χ1) is 6.72. The molecular weight excluding hydrogens is 194 g/mol. The van der Waals surface area contributed by atoms with Crippen molar-refractivity contribution in [2.24, 2.45) is 0 Å². The minimum absolute atomic E-state index is 0.179. The Morgan fingerprint density at radius 2 is 2.14 bits per heavy atom. The van der Waals surface area contributed by atoms with Crippen molar-refractivity contribution in [2.45, 2.75) is 45.6 Å². The Morgan fingerprint density at radius 1 is 1.43 bits per heavy atom. The maximum absolute atomic E-state index is 5.36. The molecule has 1 heterocycles. The predicted molar refractivity (Wildman–Crippen MR) is 60.9 cm³/mol. The molecule has 80 valence electrons. The van der Waals surface area contributed by atoms with E-state index in [0.29, 0.717) is 5.92 Å². The molecule has 0 N–H and O–H groups in total. The van der Waals surface area contributed by atoms with Gasteiger partial charge in [-0.25, -0.2) is 4.98 Å². The van der Waals surface area contributed by atoms with Crippen molar-refractivity contribution in [3.05, 3.63) is 16.1 Å². The number of thiazole rings is 1. The number of ether oxygens (including phenoxy) is 1. The summed E-state index contributed by atoms with van der Waals surface area (Å²) in [5, 5.41) is 3.27. The van der Waals surface area contributed by atoms with Gasteiger partial charge in [-0.05, 0) is 18.8 Å². The lowest BCUT2D eigenvalue weighted by molar-refractivity contribution is 0.0996. The summed E-state index contributed by atoms with van der Waals surface area (Å²) in [6, 6.07) is 0. The number of methoxy groups -OCH3 is 1. The minimum Gasteiger partial charge on any atom is -0.374 e. The van der Waals surface area contributed by atoms with E-state index in [4.69, 9.17) is 4.74 Å². The highest BCUT2D eigenvalue weighted by Crippen LogP contribution is 2.27. The van der Waals surface area contributed by atoms with Gasteiger partial charge >= 0.3 is 0 Å². The maximum Gasteiger partial charge on any atom is 0.122 e. The Morgan fingerprint density at radius 3 is 2.64 bits per heavy atom. The average Bonchev–Trinajstić information content (AvgIpc) is 2.68. The van der Waals surface area contributed by atoms with Crippen molar-refractivity contribution in [3.8, 4) is 0 Å². The van der Waals surface area contributed by atoms with Crippen molar-refractivity contribution in [1.29, 1.82) is 0 Å². The lowest BCUT2D eigenvalue weighted by Gasteiger charge is -2.09. The third kappa shape index (κ3) is 2.55. The van der Waals surface area contributed by atoms with Gasteiger partial charge in [0.1, 0.15) is 11.1 Å². The first kappa shape index (κ1) is 11.7. The van der Waals surface area contributed by atoms with E-state index in [0.717, 1.165) is 17.8 Å². The molecule has 0 aliphatic carbocycles. The molecular formula is C11H19NOS. The zero-order valence-corrected chi connectivity index (χ0v) is 10.2. The van der Waals surface area contributed by atoms with Gasteiger partial charge in [-0.2, -0.15) is 0 Å². The highest BCUT2D eigenvalue weighted by molar-refractivity contribution is 7.09. The van der Waals surface area contributed by atoms with Crippen molar-refractivity contribution >= 4 is 11.3 Å². The van der Waals surface area contributed by atoms with Gasteiger partial charge in [0.15, 0.2) is 0 Å². The summed E-state index contributed by atoms with van der Waals surface area (Å²) in [4.78, 5) is 4.62. The standard InChI is InChI=1S/C11H19NOS/c1-5-8(3)9-7-14-11(12-9)10(6-2)13-4/h7-8,10H,5-6H2,1-4H3. The van der Waals surface area contributed by atoms with Crippen LogP contribution in [0.2, 0.25) is 0 Å². The van der Waals surface area contributed by atoms with Crippen molar-refractivity contribution in [1.82, 2.24) is 4.98 Å². The Hall–Kier alpha value is -0.410. The van der Waals surface area contributed by atoms with E-state index >= 15 is 0 Å². The van der Waals surface area contributed by atoms with Gasteiger partial charge in [0.25, 0.3) is 0 Å². The molecule has 3 heteroatoms. The molecule has 0 saturated heterocycles. The van der Waals surface area contributed by atoms with Crippen LogP contribution in [0.4, 0.5) is 0 Å². The Bertz CT molecular complexity index is 268. The largest absolute Gasteiger partial charge is 0.374 e. The average molecular weight is 213 g/mol. The molecule has 0 aromatic carbocycles. The van der Waals surface area contributed by atoms with Gasteiger partial charge in [0, 0.05) is 12.5 Å². The summed E-state index contributed by atoms with van der Waals surface area (Å²) < 4.78 is 5.36. The zero-order valence-electron chi connectivity index (χ0n) is 9.41. The molecule has 0 spiro atoms. The summed E-state index contributed by atoms with van der Waals surface area (Å²) in [6.07, 6.45) is 2.31. The van der Waals surface area contributed by atoms with E-state index in [1.54, 1.807) is 18.4 Å². The first-order valence-corrected chi connectivity index (χ1v) is 6.08. The summed E-state index contributed by atoms with van der Waals surface area (Å²) in [7, 11) is 1.75. The third-order valence-corrected chi connectivity index (χ3v) is 3.54. The number of aromatic nitrogens is 1. The number of hydrogen-bond donors (Lipinski definition) is 0.